The molecule has 0 aliphatic heterocycles. The van der Waals surface area contributed by atoms with Gasteiger partial charge in [0.25, 0.3) is 0 Å². The number of rotatable bonds is 5. The molecule has 6 heteroatoms. The molecule has 0 radical (unpaired) electrons. The molecule has 0 spiro atoms. The third-order valence-electron chi connectivity index (χ3n) is 2.30. The van der Waals surface area contributed by atoms with Crippen LogP contribution in [-0.4, -0.2) is 23.3 Å². The van der Waals surface area contributed by atoms with Crippen molar-refractivity contribution in [3.05, 3.63) is 29.3 Å². The highest BCUT2D eigenvalue weighted by molar-refractivity contribution is 6.30. The topological polar surface area (TPSA) is 75.6 Å². The Bertz CT molecular complexity index is 444. The second-order valence-corrected chi connectivity index (χ2v) is 4.93. The maximum Gasteiger partial charge on any atom is 0.412 e. The number of carboxylic acids is 1. The molecule has 0 bridgehead atoms. The largest absolute Gasteiger partial charge is 0.479 e. The molecule has 1 aromatic rings. The summed E-state index contributed by atoms with van der Waals surface area (Å²) in [5.74, 6) is -1.04. The monoisotopic (exact) mass is 285 g/mol. The van der Waals surface area contributed by atoms with Crippen LogP contribution in [0, 0.1) is 5.92 Å². The third-order valence-corrected chi connectivity index (χ3v) is 2.55. The fourth-order valence-electron chi connectivity index (χ4n) is 1.44. The number of ether oxygens (including phenoxy) is 1. The fourth-order valence-corrected chi connectivity index (χ4v) is 1.56. The summed E-state index contributed by atoms with van der Waals surface area (Å²) in [5.41, 5.74) is 0.489. The van der Waals surface area contributed by atoms with Gasteiger partial charge in [-0.15, -0.1) is 0 Å². The molecular weight excluding hydrogens is 270 g/mol. The summed E-state index contributed by atoms with van der Waals surface area (Å²) in [7, 11) is 0. The van der Waals surface area contributed by atoms with Gasteiger partial charge in [0.15, 0.2) is 0 Å². The Morgan fingerprint density at radius 1 is 1.32 bits per heavy atom. The summed E-state index contributed by atoms with van der Waals surface area (Å²) in [6, 6.07) is 6.42. The molecule has 104 valence electrons. The standard InChI is InChI=1S/C13H16ClNO4/c1-8(2)7-11(12(16)17)19-13(18)15-10-5-3-9(14)4-6-10/h3-6,8,11H,7H2,1-2H3,(H,15,18)(H,16,17)/t11-/m0/s1. The van der Waals surface area contributed by atoms with E-state index in [-0.39, 0.29) is 12.3 Å². The second kappa shape index (κ2) is 6.99. The number of carboxylic acid groups (broad SMARTS) is 1. The minimum Gasteiger partial charge on any atom is -0.479 e. The van der Waals surface area contributed by atoms with Crippen LogP contribution in [0.3, 0.4) is 0 Å². The molecule has 1 aromatic carbocycles. The predicted octanol–water partition coefficient (Wildman–Crippen LogP) is 3.39. The van der Waals surface area contributed by atoms with Gasteiger partial charge in [-0.1, -0.05) is 25.4 Å². The summed E-state index contributed by atoms with van der Waals surface area (Å²) in [6.07, 6.45) is -1.67. The Balaban J connectivity index is 2.57. The van der Waals surface area contributed by atoms with E-state index in [2.05, 4.69) is 5.32 Å². The summed E-state index contributed by atoms with van der Waals surface area (Å²) >= 11 is 5.71. The van der Waals surface area contributed by atoms with E-state index in [1.54, 1.807) is 24.3 Å². The number of nitrogens with one attached hydrogen (secondary N) is 1. The average molecular weight is 286 g/mol. The van der Waals surface area contributed by atoms with Crippen molar-refractivity contribution in [2.24, 2.45) is 5.92 Å². The quantitative estimate of drug-likeness (QED) is 0.869. The number of hydrogen-bond acceptors (Lipinski definition) is 3. The van der Waals surface area contributed by atoms with Crippen molar-refractivity contribution in [2.75, 3.05) is 5.32 Å². The number of anilines is 1. The van der Waals surface area contributed by atoms with E-state index in [9.17, 15) is 9.59 Å². The zero-order valence-corrected chi connectivity index (χ0v) is 11.5. The molecule has 0 aliphatic carbocycles. The number of aliphatic carboxylic acids is 1. The van der Waals surface area contributed by atoms with Crippen molar-refractivity contribution in [2.45, 2.75) is 26.4 Å². The van der Waals surface area contributed by atoms with Crippen molar-refractivity contribution in [3.63, 3.8) is 0 Å². The van der Waals surface area contributed by atoms with Crippen molar-refractivity contribution in [1.29, 1.82) is 0 Å². The lowest BCUT2D eigenvalue weighted by Gasteiger charge is -2.16. The number of halogens is 1. The molecule has 19 heavy (non-hydrogen) atoms. The second-order valence-electron chi connectivity index (χ2n) is 4.49. The highest BCUT2D eigenvalue weighted by Gasteiger charge is 2.23. The SMILES string of the molecule is CC(C)C[C@H](OC(=O)Nc1ccc(Cl)cc1)C(=O)O. The molecule has 5 nitrogen and oxygen atoms in total. The molecule has 0 saturated heterocycles. The minimum absolute atomic E-state index is 0.115. The lowest BCUT2D eigenvalue weighted by molar-refractivity contribution is -0.147. The smallest absolute Gasteiger partial charge is 0.412 e. The van der Waals surface area contributed by atoms with Crippen LogP contribution in [0.4, 0.5) is 10.5 Å². The number of amides is 1. The van der Waals surface area contributed by atoms with Crippen molar-refractivity contribution in [3.8, 4) is 0 Å². The zero-order chi connectivity index (χ0) is 14.4. The average Bonchev–Trinajstić information content (AvgIpc) is 2.30. The first-order valence-corrected chi connectivity index (χ1v) is 6.22. The van der Waals surface area contributed by atoms with Gasteiger partial charge in [-0.2, -0.15) is 0 Å². The van der Waals surface area contributed by atoms with Gasteiger partial charge < -0.3 is 9.84 Å². The molecule has 0 fully saturated rings. The third kappa shape index (κ3) is 5.61. The van der Waals surface area contributed by atoms with E-state index in [0.29, 0.717) is 10.7 Å². The van der Waals surface area contributed by atoms with E-state index >= 15 is 0 Å². The maximum atomic E-state index is 11.6. The highest BCUT2D eigenvalue weighted by atomic mass is 35.5. The first-order valence-electron chi connectivity index (χ1n) is 5.84. The Hall–Kier alpha value is -1.75. The van der Waals surface area contributed by atoms with Crippen LogP contribution in [0.15, 0.2) is 24.3 Å². The van der Waals surface area contributed by atoms with E-state index in [1.807, 2.05) is 13.8 Å². The molecule has 1 rings (SSSR count). The fraction of sp³-hybridized carbons (Fsp3) is 0.385. The summed E-state index contributed by atoms with van der Waals surface area (Å²) in [6.45, 7) is 3.72. The van der Waals surface area contributed by atoms with Crippen LogP contribution in [0.25, 0.3) is 0 Å². The van der Waals surface area contributed by atoms with Crippen LogP contribution in [0.1, 0.15) is 20.3 Å². The van der Waals surface area contributed by atoms with Gasteiger partial charge in [-0.3, -0.25) is 5.32 Å². The zero-order valence-electron chi connectivity index (χ0n) is 10.7. The van der Waals surface area contributed by atoms with Crippen LogP contribution in [0.5, 0.6) is 0 Å². The van der Waals surface area contributed by atoms with Crippen molar-refractivity contribution < 1.29 is 19.4 Å². The molecule has 0 aromatic heterocycles. The van der Waals surface area contributed by atoms with Gasteiger partial charge in [0, 0.05) is 10.7 Å². The molecular formula is C13H16ClNO4. The number of benzene rings is 1. The number of hydrogen-bond donors (Lipinski definition) is 2. The van der Waals surface area contributed by atoms with Crippen LogP contribution >= 0.6 is 11.6 Å². The number of carbonyl (C=O) groups excluding carboxylic acids is 1. The maximum absolute atomic E-state index is 11.6. The molecule has 2 N–H and O–H groups in total. The molecule has 0 saturated carbocycles. The van der Waals surface area contributed by atoms with E-state index < -0.39 is 18.2 Å². The first kappa shape index (κ1) is 15.3. The molecule has 1 atom stereocenters. The highest BCUT2D eigenvalue weighted by Crippen LogP contribution is 2.15. The Kier molecular flexibility index (Phi) is 5.63. The summed E-state index contributed by atoms with van der Waals surface area (Å²) in [5, 5.41) is 11.9. The van der Waals surface area contributed by atoms with Crippen LogP contribution < -0.4 is 5.32 Å². The van der Waals surface area contributed by atoms with Crippen LogP contribution in [-0.2, 0) is 9.53 Å². The van der Waals surface area contributed by atoms with Gasteiger partial charge in [-0.05, 0) is 36.6 Å². The van der Waals surface area contributed by atoms with E-state index in [0.717, 1.165) is 0 Å². The van der Waals surface area contributed by atoms with Crippen LogP contribution in [0.2, 0.25) is 5.02 Å². The lowest BCUT2D eigenvalue weighted by Crippen LogP contribution is -2.30. The molecule has 0 aliphatic rings. The van der Waals surface area contributed by atoms with Gasteiger partial charge >= 0.3 is 12.1 Å². The number of carbonyl (C=O) groups is 2. The Morgan fingerprint density at radius 3 is 2.37 bits per heavy atom. The first-order chi connectivity index (χ1) is 8.88. The normalized spacial score (nSPS) is 12.0. The Morgan fingerprint density at radius 2 is 1.89 bits per heavy atom. The van der Waals surface area contributed by atoms with Crippen molar-refractivity contribution in [1.82, 2.24) is 0 Å². The molecule has 0 heterocycles. The van der Waals surface area contributed by atoms with Gasteiger partial charge in [0.05, 0.1) is 0 Å². The van der Waals surface area contributed by atoms with E-state index in [4.69, 9.17) is 21.4 Å². The minimum atomic E-state index is -1.15. The van der Waals surface area contributed by atoms with E-state index in [1.165, 1.54) is 0 Å². The predicted molar refractivity (Wildman–Crippen MR) is 72.4 cm³/mol. The van der Waals surface area contributed by atoms with Gasteiger partial charge in [0.2, 0.25) is 6.10 Å². The van der Waals surface area contributed by atoms with Crippen molar-refractivity contribution >= 4 is 29.4 Å². The van der Waals surface area contributed by atoms with Gasteiger partial charge in [0.1, 0.15) is 0 Å². The molecule has 0 unspecified atom stereocenters. The summed E-state index contributed by atoms with van der Waals surface area (Å²) < 4.78 is 4.87. The Labute approximate surface area is 116 Å². The van der Waals surface area contributed by atoms with Gasteiger partial charge in [-0.25, -0.2) is 9.59 Å². The summed E-state index contributed by atoms with van der Waals surface area (Å²) in [4.78, 5) is 22.5. The molecule has 1 amide bonds. The lowest BCUT2D eigenvalue weighted by atomic mass is 10.1.